The fraction of sp³-hybridized carbons (Fsp3) is 0.381. The number of hydrogen-bond donors (Lipinski definition) is 1. The normalized spacial score (nSPS) is 11.9. The molecule has 30 heavy (non-hydrogen) atoms. The average Bonchev–Trinajstić information content (AvgIpc) is 3.20. The molecule has 0 aliphatic carbocycles. The minimum absolute atomic E-state index is 0.00390. The summed E-state index contributed by atoms with van der Waals surface area (Å²) in [7, 11) is 1.62. The second-order valence-electron chi connectivity index (χ2n) is 6.93. The summed E-state index contributed by atoms with van der Waals surface area (Å²) in [6, 6.07) is 7.63. The summed E-state index contributed by atoms with van der Waals surface area (Å²) in [6.07, 6.45) is 1.19. The highest BCUT2D eigenvalue weighted by Gasteiger charge is 2.20. The van der Waals surface area contributed by atoms with Crippen molar-refractivity contribution in [2.75, 3.05) is 13.7 Å². The largest absolute Gasteiger partial charge is 0.497 e. The Hall–Kier alpha value is -3.49. The summed E-state index contributed by atoms with van der Waals surface area (Å²) in [4.78, 5) is 33.0. The summed E-state index contributed by atoms with van der Waals surface area (Å²) in [5.41, 5.74) is 3.23. The summed E-state index contributed by atoms with van der Waals surface area (Å²) < 4.78 is 12.0. The van der Waals surface area contributed by atoms with Gasteiger partial charge in [-0.1, -0.05) is 12.1 Å². The second-order valence-corrected chi connectivity index (χ2v) is 6.93. The molecule has 0 aliphatic heterocycles. The molecule has 0 radical (unpaired) electrons. The summed E-state index contributed by atoms with van der Waals surface area (Å²) in [5, 5.41) is 6.89. The Morgan fingerprint density at radius 3 is 2.63 bits per heavy atom. The van der Waals surface area contributed by atoms with E-state index in [0.29, 0.717) is 30.0 Å². The number of carbonyl (C=O) groups is 2. The number of nitrogens with zero attached hydrogens (tertiary/aromatic N) is 4. The lowest BCUT2D eigenvalue weighted by atomic mass is 10.1. The molecule has 0 aliphatic rings. The van der Waals surface area contributed by atoms with Crippen molar-refractivity contribution in [1.29, 1.82) is 0 Å². The lowest BCUT2D eigenvalue weighted by Gasteiger charge is -2.15. The Morgan fingerprint density at radius 2 is 1.93 bits per heavy atom. The predicted molar refractivity (Wildman–Crippen MR) is 109 cm³/mol. The van der Waals surface area contributed by atoms with E-state index >= 15 is 0 Å². The van der Waals surface area contributed by atoms with Crippen LogP contribution in [0.25, 0.3) is 5.78 Å². The minimum Gasteiger partial charge on any atom is -0.497 e. The van der Waals surface area contributed by atoms with Gasteiger partial charge >= 0.3 is 5.97 Å². The van der Waals surface area contributed by atoms with E-state index in [4.69, 9.17) is 9.47 Å². The van der Waals surface area contributed by atoms with Gasteiger partial charge in [-0.2, -0.15) is 10.1 Å². The van der Waals surface area contributed by atoms with Gasteiger partial charge in [0, 0.05) is 23.5 Å². The van der Waals surface area contributed by atoms with E-state index < -0.39 is 12.1 Å². The fourth-order valence-corrected chi connectivity index (χ4v) is 3.11. The first-order chi connectivity index (χ1) is 14.4. The van der Waals surface area contributed by atoms with Gasteiger partial charge in [-0.05, 0) is 44.9 Å². The molecule has 0 unspecified atom stereocenters. The van der Waals surface area contributed by atoms with Gasteiger partial charge in [-0.25, -0.2) is 9.50 Å². The van der Waals surface area contributed by atoms with Crippen molar-refractivity contribution in [3.05, 3.63) is 53.1 Å². The first-order valence-electron chi connectivity index (χ1n) is 9.65. The molecule has 3 rings (SSSR count). The van der Waals surface area contributed by atoms with Crippen LogP contribution in [0.15, 0.2) is 30.6 Å². The molecule has 0 bridgehead atoms. The number of hydrogen-bond acceptors (Lipinski definition) is 7. The lowest BCUT2D eigenvalue weighted by Crippen LogP contribution is -2.37. The maximum Gasteiger partial charge on any atom is 0.311 e. The maximum absolute atomic E-state index is 12.4. The molecular formula is C21H25N5O4. The highest BCUT2D eigenvalue weighted by atomic mass is 16.5. The highest BCUT2D eigenvalue weighted by molar-refractivity contribution is 5.84. The molecule has 1 atom stereocenters. The Bertz CT molecular complexity index is 1050. The summed E-state index contributed by atoms with van der Waals surface area (Å²) in [6.45, 7) is 5.64. The van der Waals surface area contributed by atoms with Crippen LogP contribution in [-0.2, 0) is 27.2 Å². The zero-order valence-corrected chi connectivity index (χ0v) is 17.5. The molecule has 9 heteroatoms. The van der Waals surface area contributed by atoms with Gasteiger partial charge in [0.2, 0.25) is 0 Å². The predicted octanol–water partition coefficient (Wildman–Crippen LogP) is 1.58. The van der Waals surface area contributed by atoms with Crippen LogP contribution in [0.2, 0.25) is 0 Å². The van der Waals surface area contributed by atoms with Crippen molar-refractivity contribution in [3.63, 3.8) is 0 Å². The number of amides is 1. The van der Waals surface area contributed by atoms with Crippen LogP contribution >= 0.6 is 0 Å². The van der Waals surface area contributed by atoms with Gasteiger partial charge in [0.05, 0.1) is 13.5 Å². The summed E-state index contributed by atoms with van der Waals surface area (Å²) in [5.74, 6) is 0.425. The van der Waals surface area contributed by atoms with E-state index in [1.807, 2.05) is 31.2 Å². The standard InChI is InChI=1S/C21H25N5O4/c1-13-18(14(2)26-21(25-13)23-12-24-26)11-19(27)30-15(3)20(28)22-10-9-16-5-7-17(29-4)8-6-16/h5-8,12,15H,9-11H2,1-4H3,(H,22,28)/t15-/m0/s1. The average molecular weight is 411 g/mol. The van der Waals surface area contributed by atoms with Crippen molar-refractivity contribution >= 4 is 17.7 Å². The van der Waals surface area contributed by atoms with Crippen molar-refractivity contribution in [2.24, 2.45) is 0 Å². The number of fused-ring (bicyclic) bond motifs is 1. The molecule has 3 aromatic rings. The monoisotopic (exact) mass is 411 g/mol. The van der Waals surface area contributed by atoms with Gasteiger partial charge in [0.1, 0.15) is 12.1 Å². The molecule has 2 aromatic heterocycles. The van der Waals surface area contributed by atoms with Crippen LogP contribution in [0.3, 0.4) is 0 Å². The van der Waals surface area contributed by atoms with Crippen LogP contribution in [0.5, 0.6) is 5.75 Å². The Labute approximate surface area is 174 Å². The fourth-order valence-electron chi connectivity index (χ4n) is 3.11. The van der Waals surface area contributed by atoms with Crippen molar-refractivity contribution < 1.29 is 19.1 Å². The number of nitrogens with one attached hydrogen (secondary N) is 1. The Balaban J connectivity index is 1.50. The molecule has 0 saturated carbocycles. The number of aromatic nitrogens is 4. The van der Waals surface area contributed by atoms with Gasteiger partial charge in [-0.3, -0.25) is 9.59 Å². The van der Waals surface area contributed by atoms with Crippen LogP contribution in [0.4, 0.5) is 0 Å². The third-order valence-corrected chi connectivity index (χ3v) is 4.86. The molecule has 0 fully saturated rings. The van der Waals surface area contributed by atoms with E-state index in [1.165, 1.54) is 6.33 Å². The SMILES string of the molecule is COc1ccc(CCNC(=O)[C@H](C)OC(=O)Cc2c(C)nc3ncnn3c2C)cc1. The van der Waals surface area contributed by atoms with Gasteiger partial charge in [-0.15, -0.1) is 0 Å². The Kier molecular flexibility index (Phi) is 6.61. The summed E-state index contributed by atoms with van der Waals surface area (Å²) >= 11 is 0. The molecule has 1 N–H and O–H groups in total. The van der Waals surface area contributed by atoms with E-state index in [9.17, 15) is 9.59 Å². The van der Waals surface area contributed by atoms with E-state index in [-0.39, 0.29) is 12.3 Å². The first-order valence-corrected chi connectivity index (χ1v) is 9.65. The first kappa shape index (κ1) is 21.2. The van der Waals surface area contributed by atoms with Crippen molar-refractivity contribution in [3.8, 4) is 5.75 Å². The minimum atomic E-state index is -0.892. The molecule has 1 aromatic carbocycles. The third kappa shape index (κ3) is 4.91. The third-order valence-electron chi connectivity index (χ3n) is 4.86. The van der Waals surface area contributed by atoms with Gasteiger partial charge in [0.25, 0.3) is 11.7 Å². The van der Waals surface area contributed by atoms with Crippen molar-refractivity contribution in [1.82, 2.24) is 24.9 Å². The number of benzene rings is 1. The molecule has 0 saturated heterocycles. The molecule has 2 heterocycles. The maximum atomic E-state index is 12.4. The number of esters is 1. The van der Waals surface area contributed by atoms with Crippen LogP contribution in [0, 0.1) is 13.8 Å². The van der Waals surface area contributed by atoms with Crippen LogP contribution in [-0.4, -0.2) is 51.2 Å². The molecule has 9 nitrogen and oxygen atoms in total. The number of rotatable bonds is 8. The number of carbonyl (C=O) groups excluding carboxylic acids is 2. The Morgan fingerprint density at radius 1 is 1.20 bits per heavy atom. The quantitative estimate of drug-likeness (QED) is 0.561. The zero-order chi connectivity index (χ0) is 21.7. The molecular weight excluding hydrogens is 386 g/mol. The highest BCUT2D eigenvalue weighted by Crippen LogP contribution is 2.15. The number of aryl methyl sites for hydroxylation is 2. The topological polar surface area (TPSA) is 108 Å². The van der Waals surface area contributed by atoms with Crippen LogP contribution < -0.4 is 10.1 Å². The molecule has 0 spiro atoms. The molecule has 158 valence electrons. The lowest BCUT2D eigenvalue weighted by molar-refractivity contribution is -0.154. The number of methoxy groups -OCH3 is 1. The van der Waals surface area contributed by atoms with Gasteiger partial charge < -0.3 is 14.8 Å². The zero-order valence-electron chi connectivity index (χ0n) is 17.5. The smallest absolute Gasteiger partial charge is 0.311 e. The molecule has 1 amide bonds. The van der Waals surface area contributed by atoms with E-state index in [1.54, 1.807) is 25.5 Å². The van der Waals surface area contributed by atoms with E-state index in [0.717, 1.165) is 17.0 Å². The van der Waals surface area contributed by atoms with Gasteiger partial charge in [0.15, 0.2) is 6.10 Å². The van der Waals surface area contributed by atoms with Crippen LogP contribution in [0.1, 0.15) is 29.4 Å². The van der Waals surface area contributed by atoms with Crippen molar-refractivity contribution in [2.45, 2.75) is 39.7 Å². The number of ether oxygens (including phenoxy) is 2. The second kappa shape index (κ2) is 9.34. The van der Waals surface area contributed by atoms with E-state index in [2.05, 4.69) is 20.4 Å².